The maximum atomic E-state index is 12.9. The van der Waals surface area contributed by atoms with Gasteiger partial charge in [0, 0.05) is 44.6 Å². The second-order valence-electron chi connectivity index (χ2n) is 6.10. The Morgan fingerprint density at radius 1 is 1.32 bits per heavy atom. The third-order valence-electron chi connectivity index (χ3n) is 4.73. The normalized spacial score (nSPS) is 28.8. The molecule has 124 valence electrons. The second kappa shape index (κ2) is 6.27. The summed E-state index contributed by atoms with van der Waals surface area (Å²) < 4.78 is 34.4. The predicted molar refractivity (Wildman–Crippen MR) is 82.1 cm³/mol. The van der Waals surface area contributed by atoms with Crippen molar-refractivity contribution in [3.63, 3.8) is 0 Å². The van der Waals surface area contributed by atoms with Gasteiger partial charge in [-0.1, -0.05) is 0 Å². The molecule has 3 rings (SSSR count). The van der Waals surface area contributed by atoms with E-state index in [-0.39, 0.29) is 18.1 Å². The Hall–Kier alpha value is -0.960. The molecule has 7 nitrogen and oxygen atoms in total. The molecule has 1 aromatic heterocycles. The summed E-state index contributed by atoms with van der Waals surface area (Å²) in [6.45, 7) is 6.54. The van der Waals surface area contributed by atoms with E-state index in [1.165, 1.54) is 6.20 Å². The lowest BCUT2D eigenvalue weighted by Gasteiger charge is -2.37. The summed E-state index contributed by atoms with van der Waals surface area (Å²) in [6, 6.07) is 0.316. The van der Waals surface area contributed by atoms with Crippen molar-refractivity contribution in [2.75, 3.05) is 26.3 Å². The second-order valence-corrected chi connectivity index (χ2v) is 7.99. The van der Waals surface area contributed by atoms with Crippen molar-refractivity contribution < 1.29 is 13.2 Å². The highest BCUT2D eigenvalue weighted by atomic mass is 32.2. The zero-order valence-corrected chi connectivity index (χ0v) is 13.9. The highest BCUT2D eigenvalue weighted by Crippen LogP contribution is 2.24. The number of sulfonamides is 1. The largest absolute Gasteiger partial charge is 0.381 e. The van der Waals surface area contributed by atoms with Gasteiger partial charge in [-0.3, -0.25) is 4.68 Å². The molecule has 2 unspecified atom stereocenters. The Morgan fingerprint density at radius 3 is 2.77 bits per heavy atom. The number of piperazine rings is 1. The standard InChI is InChI=1S/C14H24N4O3S/c1-11-12(2)18(6-5-15-11)22(19,20)14-9-16-17(10-14)13-3-7-21-8-4-13/h9-13,15H,3-8H2,1-2H3. The van der Waals surface area contributed by atoms with Crippen LogP contribution < -0.4 is 5.32 Å². The molecule has 0 amide bonds. The highest BCUT2D eigenvalue weighted by molar-refractivity contribution is 7.89. The van der Waals surface area contributed by atoms with Crippen LogP contribution in [0.15, 0.2) is 17.3 Å². The summed E-state index contributed by atoms with van der Waals surface area (Å²) in [7, 11) is -3.48. The molecule has 2 saturated heterocycles. The smallest absolute Gasteiger partial charge is 0.246 e. The van der Waals surface area contributed by atoms with E-state index in [4.69, 9.17) is 4.74 Å². The number of nitrogens with zero attached hydrogens (tertiary/aromatic N) is 3. The maximum absolute atomic E-state index is 12.9. The highest BCUT2D eigenvalue weighted by Gasteiger charge is 2.35. The third-order valence-corrected chi connectivity index (χ3v) is 6.66. The molecule has 0 bridgehead atoms. The third kappa shape index (κ3) is 2.92. The molecule has 22 heavy (non-hydrogen) atoms. The van der Waals surface area contributed by atoms with Crippen LogP contribution in [0, 0.1) is 0 Å². The molecule has 0 aromatic carbocycles. The first kappa shape index (κ1) is 15.9. The topological polar surface area (TPSA) is 76.5 Å². The number of nitrogens with one attached hydrogen (secondary N) is 1. The molecule has 0 aliphatic carbocycles. The van der Waals surface area contributed by atoms with E-state index in [9.17, 15) is 8.42 Å². The van der Waals surface area contributed by atoms with Crippen LogP contribution in [-0.2, 0) is 14.8 Å². The zero-order chi connectivity index (χ0) is 15.7. The molecule has 2 aliphatic heterocycles. The molecule has 2 aliphatic rings. The quantitative estimate of drug-likeness (QED) is 0.879. The van der Waals surface area contributed by atoms with Gasteiger partial charge in [0.25, 0.3) is 0 Å². The van der Waals surface area contributed by atoms with Crippen molar-refractivity contribution in [2.45, 2.75) is 49.7 Å². The van der Waals surface area contributed by atoms with Gasteiger partial charge in [0.05, 0.1) is 12.2 Å². The minimum absolute atomic E-state index is 0.0646. The van der Waals surface area contributed by atoms with Gasteiger partial charge in [-0.05, 0) is 26.7 Å². The summed E-state index contributed by atoms with van der Waals surface area (Å²) in [6.07, 6.45) is 4.90. The fraction of sp³-hybridized carbons (Fsp3) is 0.786. The van der Waals surface area contributed by atoms with E-state index in [1.54, 1.807) is 15.2 Å². The van der Waals surface area contributed by atoms with E-state index < -0.39 is 10.0 Å². The van der Waals surface area contributed by atoms with Gasteiger partial charge in [-0.25, -0.2) is 8.42 Å². The molecular weight excluding hydrogens is 304 g/mol. The molecule has 1 aromatic rings. The van der Waals surface area contributed by atoms with Gasteiger partial charge in [-0.15, -0.1) is 0 Å². The maximum Gasteiger partial charge on any atom is 0.246 e. The Balaban J connectivity index is 1.81. The van der Waals surface area contributed by atoms with Gasteiger partial charge in [0.15, 0.2) is 0 Å². The van der Waals surface area contributed by atoms with Gasteiger partial charge >= 0.3 is 0 Å². The van der Waals surface area contributed by atoms with E-state index >= 15 is 0 Å². The minimum Gasteiger partial charge on any atom is -0.381 e. The number of aromatic nitrogens is 2. The molecule has 1 N–H and O–H groups in total. The van der Waals surface area contributed by atoms with Crippen LogP contribution in [0.3, 0.4) is 0 Å². The fourth-order valence-corrected chi connectivity index (χ4v) is 4.75. The first-order valence-corrected chi connectivity index (χ1v) is 9.31. The van der Waals surface area contributed by atoms with E-state index in [2.05, 4.69) is 10.4 Å². The van der Waals surface area contributed by atoms with Crippen molar-refractivity contribution in [1.82, 2.24) is 19.4 Å². The molecule has 8 heteroatoms. The molecule has 2 atom stereocenters. The monoisotopic (exact) mass is 328 g/mol. The van der Waals surface area contributed by atoms with Crippen LogP contribution >= 0.6 is 0 Å². The fourth-order valence-electron chi connectivity index (χ4n) is 3.10. The summed E-state index contributed by atoms with van der Waals surface area (Å²) in [5.74, 6) is 0. The molecule has 0 saturated carbocycles. The van der Waals surface area contributed by atoms with Crippen molar-refractivity contribution in [3.05, 3.63) is 12.4 Å². The summed E-state index contributed by atoms with van der Waals surface area (Å²) in [4.78, 5) is 0.292. The molecule has 2 fully saturated rings. The molecule has 3 heterocycles. The van der Waals surface area contributed by atoms with Gasteiger partial charge < -0.3 is 10.1 Å². The van der Waals surface area contributed by atoms with Crippen molar-refractivity contribution in [1.29, 1.82) is 0 Å². The lowest BCUT2D eigenvalue weighted by molar-refractivity contribution is 0.0662. The van der Waals surface area contributed by atoms with Crippen molar-refractivity contribution >= 4 is 10.0 Å². The van der Waals surface area contributed by atoms with Crippen LogP contribution in [0.1, 0.15) is 32.7 Å². The van der Waals surface area contributed by atoms with Crippen LogP contribution in [0.2, 0.25) is 0 Å². The van der Waals surface area contributed by atoms with Gasteiger partial charge in [0.2, 0.25) is 10.0 Å². The molecule has 0 radical (unpaired) electrons. The Kier molecular flexibility index (Phi) is 4.54. The Bertz CT molecular complexity index is 609. The lowest BCUT2D eigenvalue weighted by Crippen LogP contribution is -2.56. The van der Waals surface area contributed by atoms with Crippen LogP contribution in [0.4, 0.5) is 0 Å². The predicted octanol–water partition coefficient (Wildman–Crippen LogP) is 0.606. The zero-order valence-electron chi connectivity index (χ0n) is 13.1. The number of hydrogen-bond donors (Lipinski definition) is 1. The van der Waals surface area contributed by atoms with E-state index in [0.29, 0.717) is 31.2 Å². The molecule has 0 spiro atoms. The Labute approximate surface area is 131 Å². The number of ether oxygens (including phenoxy) is 1. The van der Waals surface area contributed by atoms with Crippen molar-refractivity contribution in [2.24, 2.45) is 0 Å². The number of rotatable bonds is 3. The Morgan fingerprint density at radius 2 is 2.05 bits per heavy atom. The first-order valence-electron chi connectivity index (χ1n) is 7.87. The van der Waals surface area contributed by atoms with E-state index in [0.717, 1.165) is 12.8 Å². The first-order chi connectivity index (χ1) is 10.5. The number of hydrogen-bond acceptors (Lipinski definition) is 5. The van der Waals surface area contributed by atoms with Crippen LogP contribution in [-0.4, -0.2) is 60.9 Å². The average molecular weight is 328 g/mol. The van der Waals surface area contributed by atoms with Crippen molar-refractivity contribution in [3.8, 4) is 0 Å². The van der Waals surface area contributed by atoms with Crippen LogP contribution in [0.5, 0.6) is 0 Å². The SMILES string of the molecule is CC1NCCN(S(=O)(=O)c2cnn(C3CCOCC3)c2)C1C. The minimum atomic E-state index is -3.48. The van der Waals surface area contributed by atoms with Gasteiger partial charge in [0.1, 0.15) is 4.90 Å². The van der Waals surface area contributed by atoms with Crippen LogP contribution in [0.25, 0.3) is 0 Å². The summed E-state index contributed by atoms with van der Waals surface area (Å²) in [5, 5.41) is 7.59. The summed E-state index contributed by atoms with van der Waals surface area (Å²) in [5.41, 5.74) is 0. The van der Waals surface area contributed by atoms with Gasteiger partial charge in [-0.2, -0.15) is 9.40 Å². The molecular formula is C14H24N4O3S. The average Bonchev–Trinajstić information content (AvgIpc) is 3.01. The summed E-state index contributed by atoms with van der Waals surface area (Å²) >= 11 is 0. The lowest BCUT2D eigenvalue weighted by atomic mass is 10.1. The van der Waals surface area contributed by atoms with E-state index in [1.807, 2.05) is 13.8 Å².